The SMILES string of the molecule is Cc1cncc(-c2cnc(-c3cnccn3)c(C=O)n2)c1. The predicted molar refractivity (Wildman–Crippen MR) is 76.4 cm³/mol. The summed E-state index contributed by atoms with van der Waals surface area (Å²) in [6, 6.07) is 1.94. The lowest BCUT2D eigenvalue weighted by Crippen LogP contribution is -2.00. The molecular formula is C15H11N5O. The van der Waals surface area contributed by atoms with Crippen LogP contribution >= 0.6 is 0 Å². The molecule has 3 heterocycles. The van der Waals surface area contributed by atoms with Gasteiger partial charge in [-0.1, -0.05) is 0 Å². The third-order valence-corrected chi connectivity index (χ3v) is 2.89. The minimum atomic E-state index is 0.231. The summed E-state index contributed by atoms with van der Waals surface area (Å²) in [6.07, 6.45) is 10.4. The van der Waals surface area contributed by atoms with E-state index in [1.807, 2.05) is 13.0 Å². The average molecular weight is 277 g/mol. The van der Waals surface area contributed by atoms with Crippen LogP contribution in [0.3, 0.4) is 0 Å². The minimum Gasteiger partial charge on any atom is -0.296 e. The Hall–Kier alpha value is -3.02. The summed E-state index contributed by atoms with van der Waals surface area (Å²) >= 11 is 0. The van der Waals surface area contributed by atoms with Crippen LogP contribution in [0.4, 0.5) is 0 Å². The lowest BCUT2D eigenvalue weighted by Gasteiger charge is -2.05. The van der Waals surface area contributed by atoms with E-state index in [0.29, 0.717) is 23.4 Å². The highest BCUT2D eigenvalue weighted by molar-refractivity contribution is 5.83. The van der Waals surface area contributed by atoms with Crippen molar-refractivity contribution >= 4 is 6.29 Å². The monoisotopic (exact) mass is 277 g/mol. The average Bonchev–Trinajstić information content (AvgIpc) is 2.55. The zero-order valence-corrected chi connectivity index (χ0v) is 11.3. The predicted octanol–water partition coefficient (Wildman–Crippen LogP) is 2.12. The summed E-state index contributed by atoms with van der Waals surface area (Å²) in [5, 5.41) is 0. The van der Waals surface area contributed by atoms with Crippen molar-refractivity contribution in [1.82, 2.24) is 24.9 Å². The molecule has 0 aliphatic carbocycles. The molecular weight excluding hydrogens is 266 g/mol. The largest absolute Gasteiger partial charge is 0.296 e. The standard InChI is InChI=1S/C15H11N5O/c1-10-4-11(6-17-5-10)12-8-19-15(14(9-21)20-12)13-7-16-2-3-18-13/h2-9H,1H3. The van der Waals surface area contributed by atoms with E-state index in [0.717, 1.165) is 11.1 Å². The second kappa shape index (κ2) is 5.54. The van der Waals surface area contributed by atoms with Crippen LogP contribution in [0.5, 0.6) is 0 Å². The molecule has 6 heteroatoms. The fourth-order valence-corrected chi connectivity index (χ4v) is 1.94. The van der Waals surface area contributed by atoms with Crippen molar-refractivity contribution in [2.45, 2.75) is 6.92 Å². The zero-order chi connectivity index (χ0) is 14.7. The van der Waals surface area contributed by atoms with Gasteiger partial charge in [0.2, 0.25) is 0 Å². The summed E-state index contributed by atoms with van der Waals surface area (Å²) < 4.78 is 0. The van der Waals surface area contributed by atoms with Crippen molar-refractivity contribution in [3.8, 4) is 22.6 Å². The first kappa shape index (κ1) is 13.0. The Morgan fingerprint density at radius 1 is 0.952 bits per heavy atom. The number of hydrogen-bond acceptors (Lipinski definition) is 6. The minimum absolute atomic E-state index is 0.231. The van der Waals surface area contributed by atoms with E-state index in [1.54, 1.807) is 37.2 Å². The van der Waals surface area contributed by atoms with E-state index in [9.17, 15) is 4.79 Å². The molecule has 3 aromatic heterocycles. The number of hydrogen-bond donors (Lipinski definition) is 0. The van der Waals surface area contributed by atoms with Crippen LogP contribution in [0.25, 0.3) is 22.6 Å². The number of pyridine rings is 1. The van der Waals surface area contributed by atoms with Gasteiger partial charge in [-0.3, -0.25) is 19.7 Å². The summed E-state index contributed by atoms with van der Waals surface area (Å²) in [5.74, 6) is 0. The summed E-state index contributed by atoms with van der Waals surface area (Å²) in [4.78, 5) is 32.2. The third-order valence-electron chi connectivity index (χ3n) is 2.89. The van der Waals surface area contributed by atoms with E-state index < -0.39 is 0 Å². The Morgan fingerprint density at radius 3 is 2.57 bits per heavy atom. The van der Waals surface area contributed by atoms with E-state index in [2.05, 4.69) is 24.9 Å². The van der Waals surface area contributed by atoms with Crippen molar-refractivity contribution in [1.29, 1.82) is 0 Å². The number of nitrogens with zero attached hydrogens (tertiary/aromatic N) is 5. The van der Waals surface area contributed by atoms with Gasteiger partial charge >= 0.3 is 0 Å². The number of aldehydes is 1. The Labute approximate surface area is 121 Å². The lowest BCUT2D eigenvalue weighted by atomic mass is 10.1. The fourth-order valence-electron chi connectivity index (χ4n) is 1.94. The molecule has 102 valence electrons. The number of aryl methyl sites for hydroxylation is 1. The number of rotatable bonds is 3. The van der Waals surface area contributed by atoms with Gasteiger partial charge in [-0.25, -0.2) is 9.97 Å². The van der Waals surface area contributed by atoms with Crippen LogP contribution in [-0.2, 0) is 0 Å². The van der Waals surface area contributed by atoms with Crippen LogP contribution in [0.15, 0.2) is 43.2 Å². The van der Waals surface area contributed by atoms with E-state index in [4.69, 9.17) is 0 Å². The smallest absolute Gasteiger partial charge is 0.170 e. The topological polar surface area (TPSA) is 81.5 Å². The van der Waals surface area contributed by atoms with E-state index in [1.165, 1.54) is 0 Å². The molecule has 0 unspecified atom stereocenters. The second-order valence-electron chi connectivity index (χ2n) is 4.45. The molecule has 3 rings (SSSR count). The Kier molecular flexibility index (Phi) is 3.42. The molecule has 0 radical (unpaired) electrons. The zero-order valence-electron chi connectivity index (χ0n) is 11.3. The Morgan fingerprint density at radius 2 is 1.86 bits per heavy atom. The van der Waals surface area contributed by atoms with Gasteiger partial charge in [-0.2, -0.15) is 0 Å². The number of aromatic nitrogens is 5. The van der Waals surface area contributed by atoms with Gasteiger partial charge in [0.15, 0.2) is 6.29 Å². The fraction of sp³-hybridized carbons (Fsp3) is 0.0667. The highest BCUT2D eigenvalue weighted by atomic mass is 16.1. The van der Waals surface area contributed by atoms with Crippen molar-refractivity contribution in [3.05, 3.63) is 54.5 Å². The van der Waals surface area contributed by atoms with Gasteiger partial charge < -0.3 is 0 Å². The highest BCUT2D eigenvalue weighted by Gasteiger charge is 2.11. The van der Waals surface area contributed by atoms with Crippen molar-refractivity contribution < 1.29 is 4.79 Å². The van der Waals surface area contributed by atoms with Crippen LogP contribution < -0.4 is 0 Å². The molecule has 0 saturated carbocycles. The van der Waals surface area contributed by atoms with Crippen LogP contribution in [-0.4, -0.2) is 31.2 Å². The van der Waals surface area contributed by atoms with Crippen molar-refractivity contribution in [2.75, 3.05) is 0 Å². The molecule has 0 aromatic carbocycles. The maximum absolute atomic E-state index is 11.3. The van der Waals surface area contributed by atoms with Gasteiger partial charge in [0.05, 0.1) is 18.1 Å². The van der Waals surface area contributed by atoms with Gasteiger partial charge in [-0.15, -0.1) is 0 Å². The molecule has 0 fully saturated rings. The first-order chi connectivity index (χ1) is 10.3. The van der Waals surface area contributed by atoms with Gasteiger partial charge in [-0.05, 0) is 18.6 Å². The Bertz CT molecular complexity index is 789. The van der Waals surface area contributed by atoms with Crippen molar-refractivity contribution in [2.24, 2.45) is 0 Å². The molecule has 0 spiro atoms. The summed E-state index contributed by atoms with van der Waals surface area (Å²) in [5.41, 5.74) is 3.59. The first-order valence-corrected chi connectivity index (χ1v) is 6.28. The summed E-state index contributed by atoms with van der Waals surface area (Å²) in [6.45, 7) is 1.94. The van der Waals surface area contributed by atoms with Gasteiger partial charge in [0.25, 0.3) is 0 Å². The lowest BCUT2D eigenvalue weighted by molar-refractivity contribution is 0.111. The summed E-state index contributed by atoms with van der Waals surface area (Å²) in [7, 11) is 0. The molecule has 0 saturated heterocycles. The van der Waals surface area contributed by atoms with Gasteiger partial charge in [0, 0.05) is 30.4 Å². The molecule has 21 heavy (non-hydrogen) atoms. The third kappa shape index (κ3) is 2.64. The molecule has 0 atom stereocenters. The van der Waals surface area contributed by atoms with Crippen LogP contribution in [0, 0.1) is 6.92 Å². The van der Waals surface area contributed by atoms with Crippen molar-refractivity contribution in [3.63, 3.8) is 0 Å². The van der Waals surface area contributed by atoms with E-state index in [-0.39, 0.29) is 5.69 Å². The normalized spacial score (nSPS) is 10.3. The van der Waals surface area contributed by atoms with Crippen LogP contribution in [0.2, 0.25) is 0 Å². The molecule has 0 bridgehead atoms. The number of carbonyl (C=O) groups excluding carboxylic acids is 1. The highest BCUT2D eigenvalue weighted by Crippen LogP contribution is 2.21. The van der Waals surface area contributed by atoms with E-state index >= 15 is 0 Å². The Balaban J connectivity index is 2.10. The molecule has 0 N–H and O–H groups in total. The van der Waals surface area contributed by atoms with Crippen LogP contribution in [0.1, 0.15) is 16.1 Å². The van der Waals surface area contributed by atoms with Gasteiger partial charge in [0.1, 0.15) is 17.1 Å². The molecule has 3 aromatic rings. The first-order valence-electron chi connectivity index (χ1n) is 6.28. The molecule has 0 aliphatic rings. The quantitative estimate of drug-likeness (QED) is 0.682. The number of carbonyl (C=O) groups is 1. The second-order valence-corrected chi connectivity index (χ2v) is 4.45. The molecule has 6 nitrogen and oxygen atoms in total. The maximum atomic E-state index is 11.3. The maximum Gasteiger partial charge on any atom is 0.170 e. The molecule has 0 amide bonds. The molecule has 0 aliphatic heterocycles.